The Hall–Kier alpha value is -2.75. The van der Waals surface area contributed by atoms with Crippen molar-refractivity contribution in [1.82, 2.24) is 0 Å². The number of ketones is 1. The zero-order valence-corrected chi connectivity index (χ0v) is 10.5. The fourth-order valence-electron chi connectivity index (χ4n) is 1.98. The average Bonchev–Trinajstić information content (AvgIpc) is 2.90. The molecule has 0 fully saturated rings. The molecular formula is C16H11NO3. The van der Waals surface area contributed by atoms with E-state index < -0.39 is 12.0 Å². The maximum absolute atomic E-state index is 12.2. The van der Waals surface area contributed by atoms with Gasteiger partial charge in [0.2, 0.25) is 17.8 Å². The molecule has 1 unspecified atom stereocenters. The van der Waals surface area contributed by atoms with E-state index in [0.717, 1.165) is 0 Å². The molecule has 0 radical (unpaired) electrons. The lowest BCUT2D eigenvalue weighted by atomic mass is 10.1. The highest BCUT2D eigenvalue weighted by atomic mass is 16.5. The van der Waals surface area contributed by atoms with Gasteiger partial charge >= 0.3 is 0 Å². The predicted octanol–water partition coefficient (Wildman–Crippen LogP) is 2.24. The molecule has 0 spiro atoms. The molecule has 0 aliphatic carbocycles. The molecule has 20 heavy (non-hydrogen) atoms. The fraction of sp³-hybridized carbons (Fsp3) is 0.0625. The van der Waals surface area contributed by atoms with E-state index in [9.17, 15) is 9.59 Å². The molecule has 4 heteroatoms. The summed E-state index contributed by atoms with van der Waals surface area (Å²) in [5, 5.41) is 0. The molecule has 98 valence electrons. The van der Waals surface area contributed by atoms with Crippen molar-refractivity contribution in [3.63, 3.8) is 0 Å². The van der Waals surface area contributed by atoms with E-state index in [0.29, 0.717) is 11.1 Å². The van der Waals surface area contributed by atoms with Crippen molar-refractivity contribution in [3.8, 4) is 0 Å². The molecule has 1 aliphatic rings. The standard InChI is InChI=1S/C16H11NO3/c18-13(11-7-3-1-4-8-11)14-15(19)17-16(20-14)12-9-5-2-6-10-12/h1-10,14H. The van der Waals surface area contributed by atoms with E-state index in [1.807, 2.05) is 18.2 Å². The van der Waals surface area contributed by atoms with Crippen molar-refractivity contribution in [2.24, 2.45) is 4.99 Å². The Bertz CT molecular complexity index is 677. The molecular weight excluding hydrogens is 254 g/mol. The van der Waals surface area contributed by atoms with Crippen LogP contribution in [-0.4, -0.2) is 23.7 Å². The lowest BCUT2D eigenvalue weighted by molar-refractivity contribution is -0.120. The second kappa shape index (κ2) is 5.09. The molecule has 2 aromatic carbocycles. The van der Waals surface area contributed by atoms with Crippen LogP contribution >= 0.6 is 0 Å². The number of Topliss-reactive ketones (excluding diaryl/α,β-unsaturated/α-hetero) is 1. The Morgan fingerprint density at radius 2 is 1.55 bits per heavy atom. The van der Waals surface area contributed by atoms with E-state index >= 15 is 0 Å². The third-order valence-corrected chi connectivity index (χ3v) is 2.98. The van der Waals surface area contributed by atoms with Crippen LogP contribution in [0.5, 0.6) is 0 Å². The summed E-state index contributed by atoms with van der Waals surface area (Å²) in [4.78, 5) is 27.9. The number of aliphatic imine (C=N–C) groups is 1. The fourth-order valence-corrected chi connectivity index (χ4v) is 1.98. The molecule has 0 N–H and O–H groups in total. The van der Waals surface area contributed by atoms with Gasteiger partial charge in [0, 0.05) is 11.1 Å². The number of carbonyl (C=O) groups is 2. The number of hydrogen-bond acceptors (Lipinski definition) is 3. The van der Waals surface area contributed by atoms with Crippen molar-refractivity contribution in [2.75, 3.05) is 0 Å². The van der Waals surface area contributed by atoms with Crippen LogP contribution in [0, 0.1) is 0 Å². The van der Waals surface area contributed by atoms with Gasteiger partial charge in [0.25, 0.3) is 5.91 Å². The maximum atomic E-state index is 12.2. The number of amides is 1. The molecule has 0 aromatic heterocycles. The minimum atomic E-state index is -1.17. The van der Waals surface area contributed by atoms with Crippen LogP contribution in [0.2, 0.25) is 0 Å². The Kier molecular flexibility index (Phi) is 3.13. The molecule has 4 nitrogen and oxygen atoms in total. The van der Waals surface area contributed by atoms with E-state index in [4.69, 9.17) is 4.74 Å². The number of nitrogens with zero attached hydrogens (tertiary/aromatic N) is 1. The zero-order chi connectivity index (χ0) is 13.9. The SMILES string of the molecule is O=C1N=C(c2ccccc2)OC1C(=O)c1ccccc1. The lowest BCUT2D eigenvalue weighted by Crippen LogP contribution is -2.28. The summed E-state index contributed by atoms with van der Waals surface area (Å²) in [5.41, 5.74) is 1.12. The van der Waals surface area contributed by atoms with Gasteiger partial charge in [-0.1, -0.05) is 48.5 Å². The van der Waals surface area contributed by atoms with Crippen LogP contribution in [0.25, 0.3) is 0 Å². The first kappa shape index (κ1) is 12.3. The van der Waals surface area contributed by atoms with Crippen molar-refractivity contribution in [1.29, 1.82) is 0 Å². The highest BCUT2D eigenvalue weighted by Gasteiger charge is 2.36. The first-order chi connectivity index (χ1) is 9.75. The van der Waals surface area contributed by atoms with Gasteiger partial charge < -0.3 is 4.74 Å². The van der Waals surface area contributed by atoms with Crippen LogP contribution in [0.4, 0.5) is 0 Å². The van der Waals surface area contributed by atoms with Crippen molar-refractivity contribution >= 4 is 17.6 Å². The molecule has 1 heterocycles. The van der Waals surface area contributed by atoms with Gasteiger partial charge in [-0.2, -0.15) is 4.99 Å². The van der Waals surface area contributed by atoms with Crippen LogP contribution in [0.15, 0.2) is 65.7 Å². The number of rotatable bonds is 3. The summed E-state index contributed by atoms with van der Waals surface area (Å²) in [5.74, 6) is -0.729. The molecule has 0 saturated carbocycles. The second-order valence-corrected chi connectivity index (χ2v) is 4.35. The van der Waals surface area contributed by atoms with Crippen molar-refractivity contribution in [3.05, 3.63) is 71.8 Å². The van der Waals surface area contributed by atoms with Gasteiger partial charge in [-0.15, -0.1) is 0 Å². The van der Waals surface area contributed by atoms with Gasteiger partial charge in [0.1, 0.15) is 0 Å². The van der Waals surface area contributed by atoms with Crippen LogP contribution in [-0.2, 0) is 9.53 Å². The normalized spacial score (nSPS) is 17.5. The summed E-state index contributed by atoms with van der Waals surface area (Å²) >= 11 is 0. The first-order valence-corrected chi connectivity index (χ1v) is 6.19. The first-order valence-electron chi connectivity index (χ1n) is 6.19. The minimum absolute atomic E-state index is 0.199. The van der Waals surface area contributed by atoms with Gasteiger partial charge in [0.05, 0.1) is 0 Å². The van der Waals surface area contributed by atoms with E-state index in [-0.39, 0.29) is 11.7 Å². The molecule has 0 bridgehead atoms. The molecule has 1 amide bonds. The monoisotopic (exact) mass is 265 g/mol. The van der Waals surface area contributed by atoms with Gasteiger partial charge in [0.15, 0.2) is 0 Å². The summed E-state index contributed by atoms with van der Waals surface area (Å²) in [6.07, 6.45) is -1.17. The minimum Gasteiger partial charge on any atom is -0.455 e. The zero-order valence-electron chi connectivity index (χ0n) is 10.5. The van der Waals surface area contributed by atoms with Gasteiger partial charge in [-0.05, 0) is 12.1 Å². The number of ether oxygens (including phenoxy) is 1. The lowest BCUT2D eigenvalue weighted by Gasteiger charge is -2.08. The van der Waals surface area contributed by atoms with Crippen molar-refractivity contribution in [2.45, 2.75) is 6.10 Å². The van der Waals surface area contributed by atoms with Gasteiger partial charge in [-0.25, -0.2) is 0 Å². The Balaban J connectivity index is 1.83. The summed E-state index contributed by atoms with van der Waals surface area (Å²) in [7, 11) is 0. The van der Waals surface area contributed by atoms with Crippen LogP contribution in [0.3, 0.4) is 0 Å². The quantitative estimate of drug-likeness (QED) is 0.631. The third kappa shape index (κ3) is 2.23. The summed E-state index contributed by atoms with van der Waals surface area (Å²) < 4.78 is 5.43. The molecule has 0 saturated heterocycles. The van der Waals surface area contributed by atoms with Gasteiger partial charge in [-0.3, -0.25) is 9.59 Å². The topological polar surface area (TPSA) is 55.7 Å². The van der Waals surface area contributed by atoms with E-state index in [1.165, 1.54) is 0 Å². The summed E-state index contributed by atoms with van der Waals surface area (Å²) in [6, 6.07) is 17.6. The van der Waals surface area contributed by atoms with Crippen LogP contribution < -0.4 is 0 Å². The smallest absolute Gasteiger partial charge is 0.298 e. The third-order valence-electron chi connectivity index (χ3n) is 2.98. The second-order valence-electron chi connectivity index (χ2n) is 4.35. The highest BCUT2D eigenvalue weighted by Crippen LogP contribution is 2.17. The average molecular weight is 265 g/mol. The van der Waals surface area contributed by atoms with Crippen molar-refractivity contribution < 1.29 is 14.3 Å². The van der Waals surface area contributed by atoms with Crippen LogP contribution in [0.1, 0.15) is 15.9 Å². The van der Waals surface area contributed by atoms with E-state index in [1.54, 1.807) is 42.5 Å². The summed E-state index contributed by atoms with van der Waals surface area (Å²) in [6.45, 7) is 0. The number of hydrogen-bond donors (Lipinski definition) is 0. The molecule has 1 atom stereocenters. The highest BCUT2D eigenvalue weighted by molar-refractivity contribution is 6.20. The Labute approximate surface area is 115 Å². The Morgan fingerprint density at radius 1 is 0.950 bits per heavy atom. The Morgan fingerprint density at radius 3 is 2.20 bits per heavy atom. The number of benzene rings is 2. The number of carbonyl (C=O) groups excluding carboxylic acids is 2. The largest absolute Gasteiger partial charge is 0.455 e. The molecule has 1 aliphatic heterocycles. The van der Waals surface area contributed by atoms with E-state index in [2.05, 4.69) is 4.99 Å². The molecule has 3 rings (SSSR count). The predicted molar refractivity (Wildman–Crippen MR) is 73.6 cm³/mol. The maximum Gasteiger partial charge on any atom is 0.298 e. The molecule has 2 aromatic rings.